The molecule has 7 heteroatoms. The van der Waals surface area contributed by atoms with Crippen LogP contribution in [0, 0.1) is 11.7 Å². The molecule has 106 valence electrons. The van der Waals surface area contributed by atoms with Gasteiger partial charge in [-0.05, 0) is 18.1 Å². The molecular weight excluding hydrogens is 281 g/mol. The highest BCUT2D eigenvalue weighted by molar-refractivity contribution is 7.18. The molecule has 0 unspecified atom stereocenters. The summed E-state index contributed by atoms with van der Waals surface area (Å²) < 4.78 is 18.5. The summed E-state index contributed by atoms with van der Waals surface area (Å²) in [4.78, 5) is 11.5. The van der Waals surface area contributed by atoms with Gasteiger partial charge >= 0.3 is 6.09 Å². The molecule has 0 aliphatic carbocycles. The number of benzene rings is 1. The Labute approximate surface area is 119 Å². The van der Waals surface area contributed by atoms with Gasteiger partial charge in [-0.1, -0.05) is 37.3 Å². The lowest BCUT2D eigenvalue weighted by atomic mass is 10.2. The Morgan fingerprint density at radius 2 is 2.15 bits per heavy atom. The van der Waals surface area contributed by atoms with E-state index in [1.54, 1.807) is 18.2 Å². The average molecular weight is 295 g/mol. The monoisotopic (exact) mass is 295 g/mol. The molecule has 1 heterocycles. The van der Waals surface area contributed by atoms with Crippen LogP contribution in [0.4, 0.5) is 14.3 Å². The molecule has 1 aromatic heterocycles. The van der Waals surface area contributed by atoms with Crippen molar-refractivity contribution in [2.45, 2.75) is 13.8 Å². The lowest BCUT2D eigenvalue weighted by molar-refractivity contribution is 0.147. The van der Waals surface area contributed by atoms with Crippen LogP contribution in [0.1, 0.15) is 13.8 Å². The van der Waals surface area contributed by atoms with Gasteiger partial charge in [0.15, 0.2) is 5.01 Å². The van der Waals surface area contributed by atoms with E-state index >= 15 is 0 Å². The van der Waals surface area contributed by atoms with Crippen LogP contribution in [0.5, 0.6) is 0 Å². The number of hydrogen-bond acceptors (Lipinski definition) is 5. The molecule has 0 bridgehead atoms. The first-order valence-corrected chi connectivity index (χ1v) is 6.90. The molecule has 1 amide bonds. The lowest BCUT2D eigenvalue weighted by Crippen LogP contribution is -2.16. The van der Waals surface area contributed by atoms with Crippen LogP contribution < -0.4 is 5.32 Å². The van der Waals surface area contributed by atoms with Crippen LogP contribution in [0.25, 0.3) is 10.6 Å². The molecule has 0 saturated carbocycles. The molecule has 0 aliphatic rings. The second kappa shape index (κ2) is 6.42. The zero-order valence-electron chi connectivity index (χ0n) is 11.1. The van der Waals surface area contributed by atoms with Gasteiger partial charge in [0.05, 0.1) is 6.61 Å². The molecule has 1 N–H and O–H groups in total. The van der Waals surface area contributed by atoms with Crippen molar-refractivity contribution in [3.05, 3.63) is 30.1 Å². The zero-order valence-corrected chi connectivity index (χ0v) is 11.9. The van der Waals surface area contributed by atoms with Crippen LogP contribution in [-0.2, 0) is 4.74 Å². The maximum absolute atomic E-state index is 13.6. The third-order valence-corrected chi connectivity index (χ3v) is 3.16. The van der Waals surface area contributed by atoms with Crippen molar-refractivity contribution in [2.24, 2.45) is 5.92 Å². The SMILES string of the molecule is CC(C)COC(=O)Nc1nnc(-c2ccccc2F)s1. The third kappa shape index (κ3) is 3.74. The molecule has 0 spiro atoms. The number of carbonyl (C=O) groups is 1. The number of rotatable bonds is 4. The van der Waals surface area contributed by atoms with Gasteiger partial charge in [0, 0.05) is 5.56 Å². The van der Waals surface area contributed by atoms with Crippen molar-refractivity contribution < 1.29 is 13.9 Å². The molecule has 0 atom stereocenters. The standard InChI is InChI=1S/C13H14FN3O2S/c1-8(2)7-19-13(18)15-12-17-16-11(20-12)9-5-3-4-6-10(9)14/h3-6,8H,7H2,1-2H3,(H,15,17,18). The van der Waals surface area contributed by atoms with Crippen LogP contribution in [-0.4, -0.2) is 22.9 Å². The summed E-state index contributed by atoms with van der Waals surface area (Å²) in [6.07, 6.45) is -0.588. The predicted octanol–water partition coefficient (Wildman–Crippen LogP) is 3.55. The highest BCUT2D eigenvalue weighted by Crippen LogP contribution is 2.28. The van der Waals surface area contributed by atoms with Crippen LogP contribution in [0.2, 0.25) is 0 Å². The van der Waals surface area contributed by atoms with Crippen LogP contribution in [0.15, 0.2) is 24.3 Å². The highest BCUT2D eigenvalue weighted by Gasteiger charge is 2.13. The van der Waals surface area contributed by atoms with Gasteiger partial charge in [0.2, 0.25) is 5.13 Å². The van der Waals surface area contributed by atoms with Gasteiger partial charge in [0.25, 0.3) is 0 Å². The number of carbonyl (C=O) groups excluding carboxylic acids is 1. The molecule has 0 aliphatic heterocycles. The molecule has 0 fully saturated rings. The lowest BCUT2D eigenvalue weighted by Gasteiger charge is -2.06. The topological polar surface area (TPSA) is 64.1 Å². The fraction of sp³-hybridized carbons (Fsp3) is 0.308. The molecule has 20 heavy (non-hydrogen) atoms. The van der Waals surface area contributed by atoms with Crippen LogP contribution in [0.3, 0.4) is 0 Å². The molecule has 0 saturated heterocycles. The van der Waals surface area contributed by atoms with E-state index in [1.807, 2.05) is 13.8 Å². The van der Waals surface area contributed by atoms with E-state index in [-0.39, 0.29) is 16.9 Å². The quantitative estimate of drug-likeness (QED) is 0.937. The Kier molecular flexibility index (Phi) is 4.62. The number of nitrogens with one attached hydrogen (secondary N) is 1. The Balaban J connectivity index is 2.03. The van der Waals surface area contributed by atoms with Crippen molar-refractivity contribution in [3.8, 4) is 10.6 Å². The summed E-state index contributed by atoms with van der Waals surface area (Å²) in [5.41, 5.74) is 0.355. The van der Waals surface area contributed by atoms with E-state index < -0.39 is 6.09 Å². The maximum atomic E-state index is 13.6. The molecule has 2 aromatic rings. The van der Waals surface area contributed by atoms with E-state index in [2.05, 4.69) is 15.5 Å². The van der Waals surface area contributed by atoms with Gasteiger partial charge in [-0.3, -0.25) is 5.32 Å². The van der Waals surface area contributed by atoms with Gasteiger partial charge in [-0.2, -0.15) is 0 Å². The minimum absolute atomic E-state index is 0.254. The number of aromatic nitrogens is 2. The number of nitrogens with zero attached hydrogens (tertiary/aromatic N) is 2. The third-order valence-electron chi connectivity index (χ3n) is 2.29. The summed E-state index contributed by atoms with van der Waals surface area (Å²) in [6.45, 7) is 4.20. The second-order valence-electron chi connectivity index (χ2n) is 4.51. The average Bonchev–Trinajstić information content (AvgIpc) is 2.85. The Hall–Kier alpha value is -2.02. The van der Waals surface area contributed by atoms with Crippen molar-refractivity contribution in [2.75, 3.05) is 11.9 Å². The first-order chi connectivity index (χ1) is 9.56. The van der Waals surface area contributed by atoms with Crippen molar-refractivity contribution >= 4 is 22.6 Å². The van der Waals surface area contributed by atoms with Crippen LogP contribution >= 0.6 is 11.3 Å². The van der Waals surface area contributed by atoms with E-state index in [4.69, 9.17) is 4.74 Å². The second-order valence-corrected chi connectivity index (χ2v) is 5.49. The van der Waals surface area contributed by atoms with Gasteiger partial charge in [-0.25, -0.2) is 9.18 Å². The molecule has 5 nitrogen and oxygen atoms in total. The van der Waals surface area contributed by atoms with E-state index in [0.717, 1.165) is 11.3 Å². The fourth-order valence-electron chi connectivity index (χ4n) is 1.38. The maximum Gasteiger partial charge on any atom is 0.413 e. The zero-order chi connectivity index (χ0) is 14.5. The molecular formula is C13H14FN3O2S. The molecule has 1 aromatic carbocycles. The number of ether oxygens (including phenoxy) is 1. The largest absolute Gasteiger partial charge is 0.449 e. The number of halogens is 1. The summed E-state index contributed by atoms with van der Waals surface area (Å²) in [6, 6.07) is 6.27. The summed E-state index contributed by atoms with van der Waals surface area (Å²) in [5, 5.41) is 10.8. The fourth-order valence-corrected chi connectivity index (χ4v) is 2.14. The Morgan fingerprint density at radius 1 is 1.40 bits per heavy atom. The van der Waals surface area contributed by atoms with Crippen molar-refractivity contribution in [1.29, 1.82) is 0 Å². The molecule has 2 rings (SSSR count). The number of amides is 1. The minimum atomic E-state index is -0.588. The summed E-state index contributed by atoms with van der Waals surface area (Å²) in [5.74, 6) is -0.123. The predicted molar refractivity (Wildman–Crippen MR) is 75.1 cm³/mol. The normalized spacial score (nSPS) is 10.6. The van der Waals surface area contributed by atoms with Gasteiger partial charge in [0.1, 0.15) is 5.82 Å². The minimum Gasteiger partial charge on any atom is -0.449 e. The first kappa shape index (κ1) is 14.4. The summed E-state index contributed by atoms with van der Waals surface area (Å²) >= 11 is 1.09. The van der Waals surface area contributed by atoms with E-state index in [0.29, 0.717) is 17.2 Å². The summed E-state index contributed by atoms with van der Waals surface area (Å²) in [7, 11) is 0. The Bertz CT molecular complexity index is 601. The van der Waals surface area contributed by atoms with Crippen molar-refractivity contribution in [1.82, 2.24) is 10.2 Å². The van der Waals surface area contributed by atoms with Gasteiger partial charge in [-0.15, -0.1) is 10.2 Å². The smallest absolute Gasteiger partial charge is 0.413 e. The number of hydrogen-bond donors (Lipinski definition) is 1. The van der Waals surface area contributed by atoms with Gasteiger partial charge < -0.3 is 4.74 Å². The van der Waals surface area contributed by atoms with E-state index in [9.17, 15) is 9.18 Å². The number of anilines is 1. The van der Waals surface area contributed by atoms with Crippen molar-refractivity contribution in [3.63, 3.8) is 0 Å². The molecule has 0 radical (unpaired) electrons. The Morgan fingerprint density at radius 3 is 2.85 bits per heavy atom. The highest BCUT2D eigenvalue weighted by atomic mass is 32.1. The first-order valence-electron chi connectivity index (χ1n) is 6.08. The van der Waals surface area contributed by atoms with E-state index in [1.165, 1.54) is 6.07 Å².